The van der Waals surface area contributed by atoms with E-state index in [2.05, 4.69) is 15.3 Å². The Kier molecular flexibility index (Phi) is 4.98. The van der Waals surface area contributed by atoms with Crippen LogP contribution in [0.4, 0.5) is 26.1 Å². The van der Waals surface area contributed by atoms with Gasteiger partial charge >= 0.3 is 0 Å². The summed E-state index contributed by atoms with van der Waals surface area (Å²) in [5.41, 5.74) is 0.459. The molecular formula is C17H17F2N5O3. The summed E-state index contributed by atoms with van der Waals surface area (Å²) < 4.78 is 27.2. The fraction of sp³-hybridized carbons (Fsp3) is 0.353. The Morgan fingerprint density at radius 1 is 1.33 bits per heavy atom. The molecule has 0 aliphatic carbocycles. The first-order valence-electron chi connectivity index (χ1n) is 8.27. The van der Waals surface area contributed by atoms with Gasteiger partial charge in [-0.05, 0) is 25.0 Å². The largest absolute Gasteiger partial charge is 0.331 e. The first-order chi connectivity index (χ1) is 12.7. The fourth-order valence-corrected chi connectivity index (χ4v) is 2.84. The van der Waals surface area contributed by atoms with Crippen molar-refractivity contribution < 1.29 is 18.5 Å². The predicted octanol–water partition coefficient (Wildman–Crippen LogP) is 3.31. The molecule has 1 N–H and O–H groups in total. The number of likely N-dealkylation sites (tertiary alicyclic amines) is 1. The van der Waals surface area contributed by atoms with Gasteiger partial charge in [-0.3, -0.25) is 14.9 Å². The molecule has 10 heteroatoms. The Bertz CT molecular complexity index is 891. The molecule has 1 aliphatic heterocycles. The van der Waals surface area contributed by atoms with Crippen molar-refractivity contribution in [2.24, 2.45) is 0 Å². The fourth-order valence-electron chi connectivity index (χ4n) is 2.84. The number of nitrogens with one attached hydrogen (secondary N) is 1. The van der Waals surface area contributed by atoms with Gasteiger partial charge in [-0.25, -0.2) is 18.7 Å². The normalized spacial score (nSPS) is 16.0. The quantitative estimate of drug-likeness (QED) is 0.648. The van der Waals surface area contributed by atoms with E-state index in [0.717, 1.165) is 4.90 Å². The van der Waals surface area contributed by atoms with E-state index in [0.29, 0.717) is 5.56 Å². The first kappa shape index (κ1) is 18.6. The number of anilines is 2. The minimum atomic E-state index is -2.90. The van der Waals surface area contributed by atoms with Crippen molar-refractivity contribution in [3.05, 3.63) is 51.8 Å². The maximum Gasteiger partial charge on any atom is 0.274 e. The van der Waals surface area contributed by atoms with Crippen molar-refractivity contribution in [3.63, 3.8) is 0 Å². The lowest BCUT2D eigenvalue weighted by Crippen LogP contribution is -2.46. The number of aryl methyl sites for hydroxylation is 1. The lowest BCUT2D eigenvalue weighted by atomic mass is 10.1. The Hall–Kier alpha value is -3.17. The summed E-state index contributed by atoms with van der Waals surface area (Å²) in [7, 11) is 0. The van der Waals surface area contributed by atoms with Crippen LogP contribution in [0.2, 0.25) is 0 Å². The number of hydrogen-bond acceptors (Lipinski definition) is 6. The third kappa shape index (κ3) is 4.33. The molecule has 0 aromatic carbocycles. The summed E-state index contributed by atoms with van der Waals surface area (Å²) in [6.45, 7) is 1.29. The summed E-state index contributed by atoms with van der Waals surface area (Å²) in [5, 5.41) is 13.6. The zero-order chi connectivity index (χ0) is 19.6. The number of pyridine rings is 2. The maximum atomic E-state index is 13.6. The van der Waals surface area contributed by atoms with Crippen molar-refractivity contribution >= 4 is 23.2 Å². The first-order valence-corrected chi connectivity index (χ1v) is 8.27. The summed E-state index contributed by atoms with van der Waals surface area (Å²) in [4.78, 5) is 32.2. The number of carbonyl (C=O) groups is 1. The van der Waals surface area contributed by atoms with Crippen LogP contribution in [0.5, 0.6) is 0 Å². The zero-order valence-electron chi connectivity index (χ0n) is 14.5. The number of aromatic nitrogens is 2. The van der Waals surface area contributed by atoms with Gasteiger partial charge in [-0.1, -0.05) is 6.07 Å². The van der Waals surface area contributed by atoms with Gasteiger partial charge in [0, 0.05) is 25.2 Å². The van der Waals surface area contributed by atoms with E-state index >= 15 is 0 Å². The number of halogens is 2. The zero-order valence-corrected chi connectivity index (χ0v) is 14.5. The molecule has 2 aromatic rings. The smallest absolute Gasteiger partial charge is 0.274 e. The molecule has 3 rings (SSSR count). The number of hydrogen-bond donors (Lipinski definition) is 1. The van der Waals surface area contributed by atoms with E-state index < -0.39 is 23.3 Å². The molecule has 3 heterocycles. The topological polar surface area (TPSA) is 101 Å². The minimum absolute atomic E-state index is 0.0585. The highest BCUT2D eigenvalue weighted by Gasteiger charge is 2.37. The third-order valence-corrected chi connectivity index (χ3v) is 4.19. The summed E-state index contributed by atoms with van der Waals surface area (Å²) in [6.07, 6.45) is 1.27. The molecule has 1 fully saturated rings. The van der Waals surface area contributed by atoms with Crippen LogP contribution in [-0.2, 0) is 0 Å². The molecule has 8 nitrogen and oxygen atoms in total. The number of alkyl halides is 2. The van der Waals surface area contributed by atoms with Crippen molar-refractivity contribution in [2.75, 3.05) is 18.4 Å². The van der Waals surface area contributed by atoms with Crippen LogP contribution in [0, 0.1) is 17.0 Å². The highest BCUT2D eigenvalue weighted by molar-refractivity contribution is 5.94. The van der Waals surface area contributed by atoms with E-state index in [4.69, 9.17) is 0 Å². The van der Waals surface area contributed by atoms with E-state index in [-0.39, 0.29) is 42.4 Å². The minimum Gasteiger partial charge on any atom is -0.331 e. The maximum absolute atomic E-state index is 13.6. The second-order valence-corrected chi connectivity index (χ2v) is 6.33. The lowest BCUT2D eigenvalue weighted by Gasteiger charge is -2.32. The molecule has 2 aromatic heterocycles. The van der Waals surface area contributed by atoms with Crippen LogP contribution in [0.3, 0.4) is 0 Å². The van der Waals surface area contributed by atoms with Crippen LogP contribution < -0.4 is 5.32 Å². The van der Waals surface area contributed by atoms with E-state index in [1.807, 2.05) is 0 Å². The number of rotatable bonds is 4. The molecular weight excluding hydrogens is 360 g/mol. The molecule has 27 heavy (non-hydrogen) atoms. The van der Waals surface area contributed by atoms with Crippen LogP contribution in [0.15, 0.2) is 30.5 Å². The molecule has 0 saturated carbocycles. The summed E-state index contributed by atoms with van der Waals surface area (Å²) in [5.74, 6) is -3.04. The Labute approximate surface area is 153 Å². The predicted molar refractivity (Wildman–Crippen MR) is 93.2 cm³/mol. The average Bonchev–Trinajstić information content (AvgIpc) is 2.62. The number of nitro groups is 1. The molecule has 142 valence electrons. The van der Waals surface area contributed by atoms with Gasteiger partial charge in [0.2, 0.25) is 0 Å². The van der Waals surface area contributed by atoms with Crippen molar-refractivity contribution in [2.45, 2.75) is 25.7 Å². The van der Waals surface area contributed by atoms with Crippen LogP contribution in [0.1, 0.15) is 28.9 Å². The van der Waals surface area contributed by atoms with Crippen molar-refractivity contribution in [1.82, 2.24) is 14.9 Å². The van der Waals surface area contributed by atoms with E-state index in [1.165, 1.54) is 18.3 Å². The van der Waals surface area contributed by atoms with Gasteiger partial charge in [0.15, 0.2) is 0 Å². The third-order valence-electron chi connectivity index (χ3n) is 4.19. The number of carbonyl (C=O) groups excluding carboxylic acids is 1. The Morgan fingerprint density at radius 3 is 2.81 bits per heavy atom. The average molecular weight is 377 g/mol. The second-order valence-electron chi connectivity index (χ2n) is 6.33. The van der Waals surface area contributed by atoms with E-state index in [1.54, 1.807) is 19.1 Å². The molecule has 1 aliphatic rings. The molecule has 1 saturated heterocycles. The lowest BCUT2D eigenvalue weighted by molar-refractivity contribution is -0.384. The van der Waals surface area contributed by atoms with Gasteiger partial charge in [0.1, 0.15) is 17.3 Å². The summed E-state index contributed by atoms with van der Waals surface area (Å²) in [6, 6.07) is 5.69. The molecule has 0 atom stereocenters. The van der Waals surface area contributed by atoms with Crippen molar-refractivity contribution in [1.29, 1.82) is 0 Å². The van der Waals surface area contributed by atoms with Crippen LogP contribution in [0.25, 0.3) is 0 Å². The molecule has 0 bridgehead atoms. The van der Waals surface area contributed by atoms with Crippen LogP contribution >= 0.6 is 0 Å². The highest BCUT2D eigenvalue weighted by Crippen LogP contribution is 2.28. The van der Waals surface area contributed by atoms with Crippen LogP contribution in [-0.4, -0.2) is 44.7 Å². The number of amides is 1. The Balaban J connectivity index is 1.83. The summed E-state index contributed by atoms with van der Waals surface area (Å²) >= 11 is 0. The van der Waals surface area contributed by atoms with Gasteiger partial charge in [-0.15, -0.1) is 0 Å². The standard InChI is InChI=1S/C17H17F2N5O3/c1-11-3-4-13(21-14-9-12(24(26)27)5-7-20-14)22-15(11)16(25)23-8-2-6-17(18,19)10-23/h3-5,7,9H,2,6,8,10H2,1H3,(H,20,21,22). The molecule has 1 amide bonds. The Morgan fingerprint density at radius 2 is 2.11 bits per heavy atom. The van der Waals surface area contributed by atoms with Gasteiger partial charge in [0.25, 0.3) is 17.5 Å². The van der Waals surface area contributed by atoms with Gasteiger partial charge in [0.05, 0.1) is 17.5 Å². The second kappa shape index (κ2) is 7.22. The molecule has 0 unspecified atom stereocenters. The molecule has 0 spiro atoms. The highest BCUT2D eigenvalue weighted by atomic mass is 19.3. The van der Waals surface area contributed by atoms with Crippen molar-refractivity contribution in [3.8, 4) is 0 Å². The SMILES string of the molecule is Cc1ccc(Nc2cc([N+](=O)[O-])ccn2)nc1C(=O)N1CCCC(F)(F)C1. The van der Waals surface area contributed by atoms with Gasteiger partial charge in [-0.2, -0.15) is 0 Å². The number of nitrogens with zero attached hydrogens (tertiary/aromatic N) is 4. The number of piperidine rings is 1. The van der Waals surface area contributed by atoms with E-state index in [9.17, 15) is 23.7 Å². The molecule has 0 radical (unpaired) electrons. The monoisotopic (exact) mass is 377 g/mol. The van der Waals surface area contributed by atoms with Gasteiger partial charge < -0.3 is 10.2 Å².